The lowest BCUT2D eigenvalue weighted by molar-refractivity contribution is -0.120. The molecule has 1 aromatic heterocycles. The number of primary amides is 1. The van der Waals surface area contributed by atoms with Crippen LogP contribution in [-0.4, -0.2) is 37.6 Å². The second-order valence-corrected chi connectivity index (χ2v) is 11.1. The Bertz CT molecular complexity index is 1110. The summed E-state index contributed by atoms with van der Waals surface area (Å²) in [6, 6.07) is 4.29. The Labute approximate surface area is 189 Å². The second-order valence-electron chi connectivity index (χ2n) is 7.09. The van der Waals surface area contributed by atoms with Crippen molar-refractivity contribution in [3.8, 4) is 0 Å². The average Bonchev–Trinajstić information content (AvgIpc) is 2.97. The number of amides is 2. The SMILES string of the molecule is Cc1sc(NC(=O)C2CCN(S(=O)(=O)c3cc(Cl)ccc3Cl)CC2)c(C(N)=O)c1C. The standard InChI is InChI=1S/C19H21Cl2N3O4S2/c1-10-11(2)29-19(16(10)17(22)25)23-18(26)12-5-7-24(8-6-12)30(27,28)15-9-13(20)3-4-14(15)21/h3-4,9,12H,5-8H2,1-2H3,(H2,22,25)(H,23,26). The minimum absolute atomic E-state index is 0.0461. The summed E-state index contributed by atoms with van der Waals surface area (Å²) in [4.78, 5) is 25.3. The van der Waals surface area contributed by atoms with Gasteiger partial charge in [0.1, 0.15) is 9.90 Å². The van der Waals surface area contributed by atoms with Crippen LogP contribution in [0.4, 0.5) is 5.00 Å². The summed E-state index contributed by atoms with van der Waals surface area (Å²) in [5, 5.41) is 3.61. The molecule has 3 N–H and O–H groups in total. The Hall–Kier alpha value is -1.65. The van der Waals surface area contributed by atoms with E-state index in [0.717, 1.165) is 10.4 Å². The highest BCUT2D eigenvalue weighted by Crippen LogP contribution is 2.34. The highest BCUT2D eigenvalue weighted by molar-refractivity contribution is 7.89. The number of hydrogen-bond donors (Lipinski definition) is 2. The molecule has 0 saturated carbocycles. The van der Waals surface area contributed by atoms with Gasteiger partial charge in [-0.25, -0.2) is 8.42 Å². The summed E-state index contributed by atoms with van der Waals surface area (Å²) in [6.45, 7) is 3.99. The number of carbonyl (C=O) groups excluding carboxylic acids is 2. The first-order chi connectivity index (χ1) is 14.0. The Balaban J connectivity index is 1.70. The number of rotatable bonds is 5. The maximum absolute atomic E-state index is 12.9. The van der Waals surface area contributed by atoms with E-state index >= 15 is 0 Å². The van der Waals surface area contributed by atoms with Gasteiger partial charge in [-0.1, -0.05) is 23.2 Å². The molecular formula is C19H21Cl2N3O4S2. The summed E-state index contributed by atoms with van der Waals surface area (Å²) in [5.74, 6) is -1.22. The molecule has 1 saturated heterocycles. The summed E-state index contributed by atoms with van der Waals surface area (Å²) in [5.41, 5.74) is 6.52. The van der Waals surface area contributed by atoms with Gasteiger partial charge in [0.05, 0.1) is 10.6 Å². The minimum Gasteiger partial charge on any atom is -0.365 e. The number of halogens is 2. The van der Waals surface area contributed by atoms with Gasteiger partial charge < -0.3 is 11.1 Å². The van der Waals surface area contributed by atoms with E-state index in [1.807, 2.05) is 6.92 Å². The van der Waals surface area contributed by atoms with Crippen molar-refractivity contribution in [3.05, 3.63) is 44.2 Å². The number of aryl methyl sites for hydroxylation is 1. The van der Waals surface area contributed by atoms with Crippen LogP contribution in [0.25, 0.3) is 0 Å². The monoisotopic (exact) mass is 489 g/mol. The van der Waals surface area contributed by atoms with E-state index in [1.54, 1.807) is 6.92 Å². The van der Waals surface area contributed by atoms with Gasteiger partial charge in [0, 0.05) is 28.9 Å². The number of nitrogens with zero attached hydrogens (tertiary/aromatic N) is 1. The van der Waals surface area contributed by atoms with Gasteiger partial charge in [-0.2, -0.15) is 4.31 Å². The molecule has 2 amide bonds. The first kappa shape index (κ1) is 23.0. The van der Waals surface area contributed by atoms with Crippen molar-refractivity contribution < 1.29 is 18.0 Å². The van der Waals surface area contributed by atoms with Gasteiger partial charge in [-0.3, -0.25) is 9.59 Å². The van der Waals surface area contributed by atoms with Gasteiger partial charge in [-0.15, -0.1) is 11.3 Å². The predicted octanol–water partition coefficient (Wildman–Crippen LogP) is 3.81. The lowest BCUT2D eigenvalue weighted by Gasteiger charge is -2.30. The zero-order valence-electron chi connectivity index (χ0n) is 16.4. The minimum atomic E-state index is -3.82. The van der Waals surface area contributed by atoms with E-state index in [2.05, 4.69) is 5.32 Å². The van der Waals surface area contributed by atoms with Crippen LogP contribution in [-0.2, 0) is 14.8 Å². The number of anilines is 1. The van der Waals surface area contributed by atoms with Gasteiger partial charge in [0.15, 0.2) is 0 Å². The largest absolute Gasteiger partial charge is 0.365 e. The number of carbonyl (C=O) groups is 2. The maximum Gasteiger partial charge on any atom is 0.251 e. The Morgan fingerprint density at radius 1 is 1.20 bits per heavy atom. The van der Waals surface area contributed by atoms with Gasteiger partial charge in [-0.05, 0) is 50.5 Å². The van der Waals surface area contributed by atoms with E-state index in [-0.39, 0.29) is 39.9 Å². The van der Waals surface area contributed by atoms with Crippen molar-refractivity contribution in [1.82, 2.24) is 4.31 Å². The Kier molecular flexibility index (Phi) is 6.78. The molecule has 7 nitrogen and oxygen atoms in total. The third-order valence-corrected chi connectivity index (χ3v) is 8.94. The summed E-state index contributed by atoms with van der Waals surface area (Å²) in [6.07, 6.45) is 0.691. The van der Waals surface area contributed by atoms with Crippen LogP contribution in [0.1, 0.15) is 33.6 Å². The average molecular weight is 490 g/mol. The van der Waals surface area contributed by atoms with Crippen LogP contribution in [0.2, 0.25) is 10.0 Å². The summed E-state index contributed by atoms with van der Waals surface area (Å²) >= 11 is 13.3. The van der Waals surface area contributed by atoms with Crippen molar-refractivity contribution in [1.29, 1.82) is 0 Å². The molecule has 2 heterocycles. The van der Waals surface area contributed by atoms with Crippen LogP contribution in [0, 0.1) is 19.8 Å². The molecule has 30 heavy (non-hydrogen) atoms. The van der Waals surface area contributed by atoms with Crippen molar-refractivity contribution >= 4 is 61.4 Å². The number of nitrogens with one attached hydrogen (secondary N) is 1. The topological polar surface area (TPSA) is 110 Å². The van der Waals surface area contributed by atoms with E-state index in [9.17, 15) is 18.0 Å². The van der Waals surface area contributed by atoms with E-state index in [0.29, 0.717) is 23.4 Å². The molecular weight excluding hydrogens is 469 g/mol. The summed E-state index contributed by atoms with van der Waals surface area (Å²) < 4.78 is 27.1. The zero-order valence-corrected chi connectivity index (χ0v) is 19.5. The molecule has 0 unspecified atom stereocenters. The summed E-state index contributed by atoms with van der Waals surface area (Å²) in [7, 11) is -3.82. The Morgan fingerprint density at radius 2 is 1.83 bits per heavy atom. The molecule has 0 radical (unpaired) electrons. The third kappa shape index (κ3) is 4.50. The van der Waals surface area contributed by atoms with Crippen LogP contribution in [0.5, 0.6) is 0 Å². The van der Waals surface area contributed by atoms with Crippen molar-refractivity contribution in [3.63, 3.8) is 0 Å². The van der Waals surface area contributed by atoms with Gasteiger partial charge in [0.25, 0.3) is 5.91 Å². The van der Waals surface area contributed by atoms with Crippen LogP contribution < -0.4 is 11.1 Å². The van der Waals surface area contributed by atoms with Crippen LogP contribution >= 0.6 is 34.5 Å². The highest BCUT2D eigenvalue weighted by Gasteiger charge is 2.34. The fraction of sp³-hybridized carbons (Fsp3) is 0.368. The van der Waals surface area contributed by atoms with Crippen molar-refractivity contribution in [2.75, 3.05) is 18.4 Å². The zero-order chi connectivity index (χ0) is 22.2. The normalized spacial score (nSPS) is 15.9. The fourth-order valence-corrected chi connectivity index (χ4v) is 6.67. The molecule has 1 fully saturated rings. The number of hydrogen-bond acceptors (Lipinski definition) is 5. The number of piperidine rings is 1. The first-order valence-electron chi connectivity index (χ1n) is 9.18. The predicted molar refractivity (Wildman–Crippen MR) is 119 cm³/mol. The first-order valence-corrected chi connectivity index (χ1v) is 12.2. The van der Waals surface area contributed by atoms with E-state index in [1.165, 1.54) is 33.8 Å². The third-order valence-electron chi connectivity index (χ3n) is 5.20. The van der Waals surface area contributed by atoms with Crippen molar-refractivity contribution in [2.24, 2.45) is 11.7 Å². The number of benzene rings is 1. The fourth-order valence-electron chi connectivity index (χ4n) is 3.40. The molecule has 1 aromatic carbocycles. The number of sulfonamides is 1. The van der Waals surface area contributed by atoms with Crippen LogP contribution in [0.3, 0.4) is 0 Å². The maximum atomic E-state index is 12.9. The molecule has 162 valence electrons. The molecule has 1 aliphatic heterocycles. The number of thiophene rings is 1. The van der Waals surface area contributed by atoms with E-state index in [4.69, 9.17) is 28.9 Å². The van der Waals surface area contributed by atoms with Crippen LogP contribution in [0.15, 0.2) is 23.1 Å². The lowest BCUT2D eigenvalue weighted by Crippen LogP contribution is -2.41. The Morgan fingerprint density at radius 3 is 2.43 bits per heavy atom. The molecule has 1 aliphatic rings. The molecule has 3 rings (SSSR count). The van der Waals surface area contributed by atoms with Gasteiger partial charge in [0.2, 0.25) is 15.9 Å². The molecule has 0 aliphatic carbocycles. The smallest absolute Gasteiger partial charge is 0.251 e. The molecule has 0 spiro atoms. The molecule has 0 bridgehead atoms. The number of nitrogens with two attached hydrogens (primary N) is 1. The highest BCUT2D eigenvalue weighted by atomic mass is 35.5. The lowest BCUT2D eigenvalue weighted by atomic mass is 9.97. The van der Waals surface area contributed by atoms with Gasteiger partial charge >= 0.3 is 0 Å². The second kappa shape index (κ2) is 8.84. The van der Waals surface area contributed by atoms with E-state index < -0.39 is 15.9 Å². The van der Waals surface area contributed by atoms with Crippen molar-refractivity contribution in [2.45, 2.75) is 31.6 Å². The quantitative estimate of drug-likeness (QED) is 0.664. The molecule has 11 heteroatoms. The molecule has 0 atom stereocenters. The molecule has 2 aromatic rings.